The molecule has 2 atom stereocenters. The van der Waals surface area contributed by atoms with Crippen LogP contribution in [0, 0.1) is 0 Å². The number of halogens is 1. The van der Waals surface area contributed by atoms with Crippen molar-refractivity contribution < 1.29 is 14.3 Å². The van der Waals surface area contributed by atoms with Crippen molar-refractivity contribution in [2.24, 2.45) is 0 Å². The average molecular weight is 428 g/mol. The average Bonchev–Trinajstić information content (AvgIpc) is 3.22. The smallest absolute Gasteiger partial charge is 0.336 e. The molecule has 1 aromatic carbocycles. The van der Waals surface area contributed by atoms with Crippen LogP contribution in [0.4, 0.5) is 0 Å². The Morgan fingerprint density at radius 1 is 1.24 bits per heavy atom. The molecule has 1 aliphatic carbocycles. The van der Waals surface area contributed by atoms with Gasteiger partial charge in [0.2, 0.25) is 0 Å². The van der Waals surface area contributed by atoms with E-state index in [4.69, 9.17) is 16.3 Å². The van der Waals surface area contributed by atoms with Gasteiger partial charge in [0.1, 0.15) is 0 Å². The number of allylic oxidation sites excluding steroid dienone is 3. The number of carbonyl (C=O) groups excluding carboxylic acids is 2. The van der Waals surface area contributed by atoms with Crippen molar-refractivity contribution >= 4 is 34.7 Å². The maximum atomic E-state index is 13.3. The molecule has 2 aliphatic rings. The van der Waals surface area contributed by atoms with Gasteiger partial charge in [-0.1, -0.05) is 29.8 Å². The summed E-state index contributed by atoms with van der Waals surface area (Å²) in [5.41, 5.74) is 3.99. The summed E-state index contributed by atoms with van der Waals surface area (Å²) in [6.07, 6.45) is 1.14. The third-order valence-corrected chi connectivity index (χ3v) is 6.68. The molecule has 29 heavy (non-hydrogen) atoms. The summed E-state index contributed by atoms with van der Waals surface area (Å²) in [5.74, 6) is -0.572. The monoisotopic (exact) mass is 427 g/mol. The first-order valence-electron chi connectivity index (χ1n) is 9.69. The molecule has 1 N–H and O–H groups in total. The van der Waals surface area contributed by atoms with Gasteiger partial charge >= 0.3 is 5.97 Å². The fourth-order valence-electron chi connectivity index (χ4n) is 4.23. The zero-order valence-corrected chi connectivity index (χ0v) is 17.9. The molecule has 1 aliphatic heterocycles. The van der Waals surface area contributed by atoms with E-state index in [-0.39, 0.29) is 23.6 Å². The summed E-state index contributed by atoms with van der Waals surface area (Å²) >= 11 is 7.58. The minimum atomic E-state index is -0.371. The Morgan fingerprint density at radius 3 is 2.66 bits per heavy atom. The number of dihydropyridines is 1. The molecule has 2 heterocycles. The van der Waals surface area contributed by atoms with E-state index in [9.17, 15) is 9.59 Å². The highest BCUT2D eigenvalue weighted by atomic mass is 35.5. The van der Waals surface area contributed by atoms with Gasteiger partial charge in [0, 0.05) is 33.3 Å². The van der Waals surface area contributed by atoms with Crippen LogP contribution in [-0.4, -0.2) is 18.4 Å². The Bertz CT molecular complexity index is 1010. The first-order chi connectivity index (χ1) is 14.0. The summed E-state index contributed by atoms with van der Waals surface area (Å²) in [6.45, 7) is 3.97. The molecule has 0 amide bonds. The topological polar surface area (TPSA) is 55.4 Å². The van der Waals surface area contributed by atoms with Gasteiger partial charge in [-0.3, -0.25) is 4.79 Å². The quantitative estimate of drug-likeness (QED) is 0.670. The molecule has 0 spiro atoms. The summed E-state index contributed by atoms with van der Waals surface area (Å²) < 4.78 is 5.32. The first-order valence-corrected chi connectivity index (χ1v) is 10.9. The molecule has 2 aromatic rings. The van der Waals surface area contributed by atoms with Crippen molar-refractivity contribution in [1.82, 2.24) is 5.32 Å². The number of carbonyl (C=O) groups is 2. The zero-order chi connectivity index (χ0) is 20.5. The standard InChI is InChI=1S/C23H22ClNO3S/c1-3-28-23(27)20-13(2)25-17-11-15(14-6-8-16(24)9-7-14)12-18(26)21(17)22(20)19-5-4-10-29-19/h4-10,15,22,25H,3,11-12H2,1-2H3/t15-,22+/m1/s1. The second-order valence-corrected chi connectivity index (χ2v) is 8.72. The summed E-state index contributed by atoms with van der Waals surface area (Å²) in [6, 6.07) is 11.6. The molecule has 150 valence electrons. The van der Waals surface area contributed by atoms with Gasteiger partial charge < -0.3 is 10.1 Å². The molecule has 0 saturated heterocycles. The van der Waals surface area contributed by atoms with Gasteiger partial charge in [-0.25, -0.2) is 4.79 Å². The molecule has 0 fully saturated rings. The number of benzene rings is 1. The minimum absolute atomic E-state index is 0.0754. The van der Waals surface area contributed by atoms with E-state index in [0.29, 0.717) is 29.2 Å². The van der Waals surface area contributed by atoms with E-state index in [0.717, 1.165) is 28.3 Å². The van der Waals surface area contributed by atoms with E-state index in [1.165, 1.54) is 0 Å². The maximum Gasteiger partial charge on any atom is 0.336 e. The Balaban J connectivity index is 1.75. The fourth-order valence-corrected chi connectivity index (χ4v) is 5.20. The van der Waals surface area contributed by atoms with Crippen LogP contribution in [0.1, 0.15) is 49.0 Å². The lowest BCUT2D eigenvalue weighted by atomic mass is 9.73. The second kappa shape index (κ2) is 8.17. The van der Waals surface area contributed by atoms with Gasteiger partial charge in [0.05, 0.1) is 18.1 Å². The van der Waals surface area contributed by atoms with Crippen molar-refractivity contribution in [2.75, 3.05) is 6.61 Å². The number of ketones is 1. The van der Waals surface area contributed by atoms with E-state index >= 15 is 0 Å². The van der Waals surface area contributed by atoms with Crippen molar-refractivity contribution in [1.29, 1.82) is 0 Å². The minimum Gasteiger partial charge on any atom is -0.463 e. The van der Waals surface area contributed by atoms with Crippen molar-refractivity contribution in [2.45, 2.75) is 38.5 Å². The molecule has 1 aromatic heterocycles. The number of ether oxygens (including phenoxy) is 1. The number of rotatable bonds is 4. The molecule has 4 nitrogen and oxygen atoms in total. The highest BCUT2D eigenvalue weighted by Crippen LogP contribution is 2.46. The predicted octanol–water partition coefficient (Wildman–Crippen LogP) is 5.33. The molecule has 0 radical (unpaired) electrons. The van der Waals surface area contributed by atoms with Crippen LogP contribution in [0.3, 0.4) is 0 Å². The van der Waals surface area contributed by atoms with Crippen LogP contribution in [0.2, 0.25) is 5.02 Å². The third-order valence-electron chi connectivity index (χ3n) is 5.49. The van der Waals surface area contributed by atoms with E-state index in [1.807, 2.05) is 48.7 Å². The molecular weight excluding hydrogens is 406 g/mol. The second-order valence-electron chi connectivity index (χ2n) is 7.30. The summed E-state index contributed by atoms with van der Waals surface area (Å²) in [5, 5.41) is 6.01. The normalized spacial score (nSPS) is 21.7. The Morgan fingerprint density at radius 2 is 2.00 bits per heavy atom. The molecule has 6 heteroatoms. The highest BCUT2D eigenvalue weighted by Gasteiger charge is 2.41. The highest BCUT2D eigenvalue weighted by molar-refractivity contribution is 7.10. The lowest BCUT2D eigenvalue weighted by Crippen LogP contribution is -2.35. The fraction of sp³-hybridized carbons (Fsp3) is 0.304. The van der Waals surface area contributed by atoms with Crippen LogP contribution in [0.5, 0.6) is 0 Å². The van der Waals surface area contributed by atoms with Gasteiger partial charge in [-0.05, 0) is 55.3 Å². The van der Waals surface area contributed by atoms with E-state index in [1.54, 1.807) is 18.3 Å². The van der Waals surface area contributed by atoms with Crippen LogP contribution in [-0.2, 0) is 14.3 Å². The number of thiophene rings is 1. The van der Waals surface area contributed by atoms with Crippen LogP contribution in [0.15, 0.2) is 64.3 Å². The molecule has 0 unspecified atom stereocenters. The Hall–Kier alpha value is -2.37. The number of hydrogen-bond acceptors (Lipinski definition) is 5. The van der Waals surface area contributed by atoms with E-state index in [2.05, 4.69) is 5.32 Å². The lowest BCUT2D eigenvalue weighted by Gasteiger charge is -2.36. The van der Waals surface area contributed by atoms with Crippen molar-refractivity contribution in [3.8, 4) is 0 Å². The third kappa shape index (κ3) is 3.77. The SMILES string of the molecule is CCOC(=O)C1=C(C)NC2=C(C(=O)C[C@H](c3ccc(Cl)cc3)C2)[C@H]1c1cccs1. The van der Waals surface area contributed by atoms with Gasteiger partial charge in [-0.2, -0.15) is 0 Å². The number of Topliss-reactive ketones (excluding diaryl/α,β-unsaturated/α-hetero) is 1. The lowest BCUT2D eigenvalue weighted by molar-refractivity contribution is -0.138. The van der Waals surface area contributed by atoms with E-state index < -0.39 is 0 Å². The number of hydrogen-bond donors (Lipinski definition) is 1. The maximum absolute atomic E-state index is 13.3. The molecule has 0 bridgehead atoms. The number of nitrogens with one attached hydrogen (secondary N) is 1. The van der Waals surface area contributed by atoms with Gasteiger partial charge in [0.15, 0.2) is 5.78 Å². The van der Waals surface area contributed by atoms with Crippen molar-refractivity contribution in [3.63, 3.8) is 0 Å². The van der Waals surface area contributed by atoms with Gasteiger partial charge in [0.25, 0.3) is 0 Å². The summed E-state index contributed by atoms with van der Waals surface area (Å²) in [7, 11) is 0. The first kappa shape index (κ1) is 19.9. The zero-order valence-electron chi connectivity index (χ0n) is 16.3. The van der Waals surface area contributed by atoms with Crippen LogP contribution >= 0.6 is 22.9 Å². The largest absolute Gasteiger partial charge is 0.463 e. The predicted molar refractivity (Wildman–Crippen MR) is 115 cm³/mol. The Labute approximate surface area is 179 Å². The van der Waals surface area contributed by atoms with Crippen LogP contribution < -0.4 is 5.32 Å². The Kier molecular flexibility index (Phi) is 5.61. The molecule has 0 saturated carbocycles. The van der Waals surface area contributed by atoms with Crippen molar-refractivity contribution in [3.05, 3.63) is 79.8 Å². The summed E-state index contributed by atoms with van der Waals surface area (Å²) in [4.78, 5) is 27.1. The molecular formula is C23H22ClNO3S. The number of esters is 1. The van der Waals surface area contributed by atoms with Gasteiger partial charge in [-0.15, -0.1) is 11.3 Å². The van der Waals surface area contributed by atoms with Crippen LogP contribution in [0.25, 0.3) is 0 Å². The molecule has 4 rings (SSSR count).